The third kappa shape index (κ3) is 4.47. The number of nitrogens with one attached hydrogen (secondary N) is 1. The minimum Gasteiger partial charge on any atom is -0.339 e. The predicted octanol–water partition coefficient (Wildman–Crippen LogP) is 4.34. The Kier molecular flexibility index (Phi) is 6.46. The summed E-state index contributed by atoms with van der Waals surface area (Å²) >= 11 is 6.19. The predicted molar refractivity (Wildman–Crippen MR) is 93.9 cm³/mol. The number of amides is 2. The lowest BCUT2D eigenvalue weighted by Crippen LogP contribution is -2.30. The highest BCUT2D eigenvalue weighted by Crippen LogP contribution is 2.28. The number of carbonyl (C=O) groups is 2. The summed E-state index contributed by atoms with van der Waals surface area (Å²) in [5.41, 5.74) is 1.08. The largest absolute Gasteiger partial charge is 0.339 e. The van der Waals surface area contributed by atoms with E-state index in [2.05, 4.69) is 5.32 Å². The molecule has 23 heavy (non-hydrogen) atoms. The molecule has 5 heteroatoms. The van der Waals surface area contributed by atoms with Gasteiger partial charge in [-0.05, 0) is 44.9 Å². The van der Waals surface area contributed by atoms with Crippen LogP contribution >= 0.6 is 11.6 Å². The van der Waals surface area contributed by atoms with Crippen LogP contribution in [-0.4, -0.2) is 29.8 Å². The lowest BCUT2D eigenvalue weighted by Gasteiger charge is -2.22. The highest BCUT2D eigenvalue weighted by atomic mass is 35.5. The number of hydrogen-bond acceptors (Lipinski definition) is 2. The van der Waals surface area contributed by atoms with E-state index in [0.29, 0.717) is 29.4 Å². The monoisotopic (exact) mass is 336 g/mol. The van der Waals surface area contributed by atoms with Crippen LogP contribution in [0.15, 0.2) is 18.2 Å². The first kappa shape index (κ1) is 17.8. The minimum absolute atomic E-state index is 0.0130. The zero-order chi connectivity index (χ0) is 16.8. The second kappa shape index (κ2) is 8.34. The fourth-order valence-corrected chi connectivity index (χ4v) is 3.21. The van der Waals surface area contributed by atoms with E-state index in [9.17, 15) is 9.59 Å². The molecule has 0 heterocycles. The zero-order valence-electron chi connectivity index (χ0n) is 13.9. The minimum atomic E-state index is -0.0418. The van der Waals surface area contributed by atoms with Gasteiger partial charge < -0.3 is 10.2 Å². The third-order valence-electron chi connectivity index (χ3n) is 4.50. The van der Waals surface area contributed by atoms with Crippen molar-refractivity contribution in [3.63, 3.8) is 0 Å². The molecule has 126 valence electrons. The normalized spacial score (nSPS) is 15.3. The molecule has 0 bridgehead atoms. The molecule has 0 atom stereocenters. The summed E-state index contributed by atoms with van der Waals surface area (Å²) in [5, 5.41) is 3.37. The van der Waals surface area contributed by atoms with E-state index in [4.69, 9.17) is 11.6 Å². The molecular formula is C18H25ClN2O2. The Balaban J connectivity index is 2.13. The van der Waals surface area contributed by atoms with Crippen molar-refractivity contribution in [3.05, 3.63) is 28.8 Å². The summed E-state index contributed by atoms with van der Waals surface area (Å²) in [6.07, 6.45) is 5.28. The van der Waals surface area contributed by atoms with Crippen LogP contribution in [0, 0.1) is 5.92 Å². The molecule has 0 saturated heterocycles. The Morgan fingerprint density at radius 1 is 1.17 bits per heavy atom. The van der Waals surface area contributed by atoms with E-state index >= 15 is 0 Å². The molecule has 2 rings (SSSR count). The Hall–Kier alpha value is -1.55. The molecule has 0 aliphatic heterocycles. The highest BCUT2D eigenvalue weighted by molar-refractivity contribution is 6.33. The number of carbonyl (C=O) groups excluding carboxylic acids is 2. The number of anilines is 1. The molecule has 2 amide bonds. The van der Waals surface area contributed by atoms with Crippen LogP contribution in [0.25, 0.3) is 0 Å². The fraction of sp³-hybridized carbons (Fsp3) is 0.556. The van der Waals surface area contributed by atoms with Crippen molar-refractivity contribution in [1.29, 1.82) is 0 Å². The maximum atomic E-state index is 12.4. The molecule has 1 aromatic carbocycles. The Morgan fingerprint density at radius 2 is 1.83 bits per heavy atom. The van der Waals surface area contributed by atoms with Gasteiger partial charge in [0.25, 0.3) is 5.91 Å². The van der Waals surface area contributed by atoms with E-state index in [1.54, 1.807) is 23.1 Å². The molecule has 1 aliphatic carbocycles. The maximum absolute atomic E-state index is 12.4. The van der Waals surface area contributed by atoms with Gasteiger partial charge in [0.1, 0.15) is 0 Å². The Labute approximate surface area is 143 Å². The molecule has 1 N–H and O–H groups in total. The van der Waals surface area contributed by atoms with Crippen molar-refractivity contribution in [2.24, 2.45) is 5.92 Å². The van der Waals surface area contributed by atoms with E-state index in [0.717, 1.165) is 25.7 Å². The van der Waals surface area contributed by atoms with Gasteiger partial charge in [-0.2, -0.15) is 0 Å². The first-order chi connectivity index (χ1) is 11.1. The first-order valence-electron chi connectivity index (χ1n) is 8.46. The van der Waals surface area contributed by atoms with Crippen LogP contribution in [0.4, 0.5) is 5.69 Å². The maximum Gasteiger partial charge on any atom is 0.253 e. The summed E-state index contributed by atoms with van der Waals surface area (Å²) in [6, 6.07) is 5.07. The standard InChI is InChI=1S/C18H25ClN2O2/c1-3-21(4-2)18(23)14-10-11-15(19)16(12-14)20-17(22)13-8-6-5-7-9-13/h10-13H,3-9H2,1-2H3,(H,20,22). The van der Waals surface area contributed by atoms with Crippen LogP contribution in [-0.2, 0) is 4.79 Å². The second-order valence-electron chi connectivity index (χ2n) is 6.00. The van der Waals surface area contributed by atoms with Crippen molar-refractivity contribution in [1.82, 2.24) is 4.90 Å². The van der Waals surface area contributed by atoms with E-state index < -0.39 is 0 Å². The summed E-state index contributed by atoms with van der Waals surface area (Å²) in [6.45, 7) is 5.20. The van der Waals surface area contributed by atoms with Gasteiger partial charge in [0.05, 0.1) is 10.7 Å². The molecule has 0 unspecified atom stereocenters. The molecule has 4 nitrogen and oxygen atoms in total. The summed E-state index contributed by atoms with van der Waals surface area (Å²) < 4.78 is 0. The highest BCUT2D eigenvalue weighted by Gasteiger charge is 2.22. The average Bonchev–Trinajstić information content (AvgIpc) is 2.58. The number of hydrogen-bond donors (Lipinski definition) is 1. The van der Waals surface area contributed by atoms with Gasteiger partial charge in [0.15, 0.2) is 0 Å². The quantitative estimate of drug-likeness (QED) is 0.869. The number of rotatable bonds is 5. The summed E-state index contributed by atoms with van der Waals surface area (Å²) in [4.78, 5) is 26.6. The van der Waals surface area contributed by atoms with Crippen LogP contribution in [0.2, 0.25) is 5.02 Å². The molecule has 0 aromatic heterocycles. The van der Waals surface area contributed by atoms with Gasteiger partial charge in [0, 0.05) is 24.6 Å². The number of nitrogens with zero attached hydrogens (tertiary/aromatic N) is 1. The number of halogens is 1. The molecule has 1 aromatic rings. The van der Waals surface area contributed by atoms with Crippen LogP contribution in [0.1, 0.15) is 56.3 Å². The van der Waals surface area contributed by atoms with E-state index in [-0.39, 0.29) is 17.7 Å². The number of benzene rings is 1. The van der Waals surface area contributed by atoms with Gasteiger partial charge in [-0.3, -0.25) is 9.59 Å². The van der Waals surface area contributed by atoms with Crippen LogP contribution < -0.4 is 5.32 Å². The van der Waals surface area contributed by atoms with Crippen molar-refractivity contribution >= 4 is 29.1 Å². The molecular weight excluding hydrogens is 312 g/mol. The van der Waals surface area contributed by atoms with Gasteiger partial charge in [-0.1, -0.05) is 30.9 Å². The fourth-order valence-electron chi connectivity index (χ4n) is 3.05. The van der Waals surface area contributed by atoms with E-state index in [1.807, 2.05) is 13.8 Å². The SMILES string of the molecule is CCN(CC)C(=O)c1ccc(Cl)c(NC(=O)C2CCCCC2)c1. The summed E-state index contributed by atoms with van der Waals surface area (Å²) in [7, 11) is 0. The van der Waals surface area contributed by atoms with Gasteiger partial charge in [-0.25, -0.2) is 0 Å². The van der Waals surface area contributed by atoms with Crippen molar-refractivity contribution in [3.8, 4) is 0 Å². The molecule has 0 radical (unpaired) electrons. The van der Waals surface area contributed by atoms with Gasteiger partial charge in [0.2, 0.25) is 5.91 Å². The molecule has 1 aliphatic rings. The first-order valence-corrected chi connectivity index (χ1v) is 8.84. The van der Waals surface area contributed by atoms with Crippen LogP contribution in [0.3, 0.4) is 0 Å². The Morgan fingerprint density at radius 3 is 2.43 bits per heavy atom. The Bertz CT molecular complexity index is 564. The van der Waals surface area contributed by atoms with Crippen LogP contribution in [0.5, 0.6) is 0 Å². The lowest BCUT2D eigenvalue weighted by atomic mass is 9.88. The molecule has 1 saturated carbocycles. The van der Waals surface area contributed by atoms with Crippen molar-refractivity contribution < 1.29 is 9.59 Å². The lowest BCUT2D eigenvalue weighted by molar-refractivity contribution is -0.120. The van der Waals surface area contributed by atoms with Gasteiger partial charge in [-0.15, -0.1) is 0 Å². The van der Waals surface area contributed by atoms with Gasteiger partial charge >= 0.3 is 0 Å². The van der Waals surface area contributed by atoms with Crippen molar-refractivity contribution in [2.45, 2.75) is 46.0 Å². The third-order valence-corrected chi connectivity index (χ3v) is 4.83. The molecule has 0 spiro atoms. The smallest absolute Gasteiger partial charge is 0.253 e. The zero-order valence-corrected chi connectivity index (χ0v) is 14.7. The molecule has 1 fully saturated rings. The summed E-state index contributed by atoms with van der Waals surface area (Å²) in [5.74, 6) is 0.0285. The van der Waals surface area contributed by atoms with E-state index in [1.165, 1.54) is 6.42 Å². The topological polar surface area (TPSA) is 49.4 Å². The second-order valence-corrected chi connectivity index (χ2v) is 6.40. The van der Waals surface area contributed by atoms with Crippen molar-refractivity contribution in [2.75, 3.05) is 18.4 Å². The average molecular weight is 337 g/mol.